The van der Waals surface area contributed by atoms with Gasteiger partial charge < -0.3 is 4.74 Å². The molecule has 5 nitrogen and oxygen atoms in total. The number of hydrogen-bond donors (Lipinski definition) is 1. The van der Waals surface area contributed by atoms with E-state index in [4.69, 9.17) is 4.74 Å². The predicted molar refractivity (Wildman–Crippen MR) is 98.2 cm³/mol. The van der Waals surface area contributed by atoms with E-state index in [0.29, 0.717) is 6.54 Å². The number of ether oxygens (including phenoxy) is 1. The lowest BCUT2D eigenvalue weighted by Gasteiger charge is -2.35. The van der Waals surface area contributed by atoms with Crippen LogP contribution in [0.15, 0.2) is 29.7 Å². The van der Waals surface area contributed by atoms with E-state index in [0.717, 1.165) is 37.2 Å². The quantitative estimate of drug-likeness (QED) is 0.766. The average Bonchev–Trinajstić information content (AvgIpc) is 2.50. The first kappa shape index (κ1) is 19.1. The van der Waals surface area contributed by atoms with Crippen LogP contribution in [0.5, 0.6) is 0 Å². The van der Waals surface area contributed by atoms with Crippen LogP contribution in [0, 0.1) is 6.92 Å². The summed E-state index contributed by atoms with van der Waals surface area (Å²) in [6, 6.07) is 7.73. The van der Waals surface area contributed by atoms with Crippen molar-refractivity contribution in [2.24, 2.45) is 0 Å². The second-order valence-electron chi connectivity index (χ2n) is 6.52. The molecule has 0 bridgehead atoms. The van der Waals surface area contributed by atoms with Gasteiger partial charge in [-0.25, -0.2) is 13.1 Å². The fraction of sp³-hybridized carbons (Fsp3) is 0.556. The van der Waals surface area contributed by atoms with Crippen LogP contribution in [0.4, 0.5) is 0 Å². The van der Waals surface area contributed by atoms with Gasteiger partial charge in [0, 0.05) is 25.0 Å². The molecule has 1 fully saturated rings. The molecule has 134 valence electrons. The third kappa shape index (κ3) is 6.73. The van der Waals surface area contributed by atoms with Crippen LogP contribution in [-0.4, -0.2) is 51.7 Å². The fourth-order valence-electron chi connectivity index (χ4n) is 2.88. The molecule has 1 saturated heterocycles. The minimum Gasteiger partial charge on any atom is -0.373 e. The van der Waals surface area contributed by atoms with Gasteiger partial charge in [0.05, 0.1) is 12.2 Å². The Bertz CT molecular complexity index is 631. The van der Waals surface area contributed by atoms with Gasteiger partial charge >= 0.3 is 0 Å². The third-order valence-electron chi connectivity index (χ3n) is 3.97. The third-order valence-corrected chi connectivity index (χ3v) is 5.07. The van der Waals surface area contributed by atoms with E-state index in [1.54, 1.807) is 6.08 Å². The first-order valence-electron chi connectivity index (χ1n) is 8.46. The Labute approximate surface area is 145 Å². The van der Waals surface area contributed by atoms with Gasteiger partial charge in [0.2, 0.25) is 10.0 Å². The molecule has 0 aromatic heterocycles. The number of nitrogens with one attached hydrogen (secondary N) is 1. The van der Waals surface area contributed by atoms with E-state index in [1.807, 2.05) is 31.2 Å². The number of benzene rings is 1. The molecule has 2 atom stereocenters. The molecule has 1 N–H and O–H groups in total. The molecule has 1 heterocycles. The highest BCUT2D eigenvalue weighted by Gasteiger charge is 2.21. The minimum absolute atomic E-state index is 0.239. The highest BCUT2D eigenvalue weighted by atomic mass is 32.2. The number of aryl methyl sites for hydroxylation is 1. The Morgan fingerprint density at radius 2 is 1.83 bits per heavy atom. The molecular weight excluding hydrogens is 324 g/mol. The van der Waals surface area contributed by atoms with E-state index in [1.165, 1.54) is 5.41 Å². The van der Waals surface area contributed by atoms with Gasteiger partial charge in [-0.1, -0.05) is 29.8 Å². The molecular formula is C18H28N2O3S. The zero-order valence-electron chi connectivity index (χ0n) is 14.7. The standard InChI is InChI=1S/C18H28N2O3S/c1-15-5-7-18(8-6-15)9-12-24(21,22)19-10-4-11-20-13-16(2)23-17(3)14-20/h5-9,12,16-17,19H,4,10-11,13-14H2,1-3H3/b12-9+. The number of rotatable bonds is 7. The normalized spacial score (nSPS) is 23.0. The van der Waals surface area contributed by atoms with Gasteiger partial charge in [-0.05, 0) is 45.4 Å². The van der Waals surface area contributed by atoms with Crippen molar-refractivity contribution in [1.29, 1.82) is 0 Å². The zero-order valence-corrected chi connectivity index (χ0v) is 15.6. The summed E-state index contributed by atoms with van der Waals surface area (Å²) in [7, 11) is -3.39. The Kier molecular flexibility index (Phi) is 6.98. The van der Waals surface area contributed by atoms with E-state index in [-0.39, 0.29) is 12.2 Å². The summed E-state index contributed by atoms with van der Waals surface area (Å²) >= 11 is 0. The first-order valence-corrected chi connectivity index (χ1v) is 10.0. The largest absolute Gasteiger partial charge is 0.373 e. The smallest absolute Gasteiger partial charge is 0.233 e. The van der Waals surface area contributed by atoms with Crippen molar-refractivity contribution in [3.8, 4) is 0 Å². The molecule has 6 heteroatoms. The van der Waals surface area contributed by atoms with Crippen molar-refractivity contribution >= 4 is 16.1 Å². The second-order valence-corrected chi connectivity index (χ2v) is 8.17. The summed E-state index contributed by atoms with van der Waals surface area (Å²) in [6.45, 7) is 9.28. The molecule has 0 spiro atoms. The lowest BCUT2D eigenvalue weighted by Crippen LogP contribution is -2.46. The lowest BCUT2D eigenvalue weighted by molar-refractivity contribution is -0.0679. The van der Waals surface area contributed by atoms with Gasteiger partial charge in [-0.2, -0.15) is 0 Å². The Balaban J connectivity index is 1.73. The van der Waals surface area contributed by atoms with E-state index < -0.39 is 10.0 Å². The number of morpholine rings is 1. The van der Waals surface area contributed by atoms with Gasteiger partial charge in [-0.15, -0.1) is 0 Å². The summed E-state index contributed by atoms with van der Waals surface area (Å²) in [5.74, 6) is 0. The van der Waals surface area contributed by atoms with Gasteiger partial charge in [-0.3, -0.25) is 4.90 Å². The van der Waals surface area contributed by atoms with Crippen LogP contribution in [0.3, 0.4) is 0 Å². The SMILES string of the molecule is Cc1ccc(/C=C/S(=O)(=O)NCCCN2CC(C)OC(C)C2)cc1. The summed E-state index contributed by atoms with van der Waals surface area (Å²) in [5, 5.41) is 1.23. The molecule has 0 aliphatic carbocycles. The maximum atomic E-state index is 12.0. The number of nitrogens with zero attached hydrogens (tertiary/aromatic N) is 1. The molecule has 24 heavy (non-hydrogen) atoms. The molecule has 0 radical (unpaired) electrons. The maximum Gasteiger partial charge on any atom is 0.233 e. The maximum absolute atomic E-state index is 12.0. The van der Waals surface area contributed by atoms with E-state index in [2.05, 4.69) is 23.5 Å². The van der Waals surface area contributed by atoms with Crippen LogP contribution >= 0.6 is 0 Å². The molecule has 1 aromatic rings. The fourth-order valence-corrected chi connectivity index (χ4v) is 3.74. The van der Waals surface area contributed by atoms with Crippen LogP contribution in [0.25, 0.3) is 6.08 Å². The van der Waals surface area contributed by atoms with Crippen molar-refractivity contribution in [1.82, 2.24) is 9.62 Å². The van der Waals surface area contributed by atoms with Gasteiger partial charge in [0.1, 0.15) is 0 Å². The summed E-state index contributed by atoms with van der Waals surface area (Å²) < 4.78 is 32.3. The van der Waals surface area contributed by atoms with Crippen molar-refractivity contribution in [2.45, 2.75) is 39.4 Å². The molecule has 1 aliphatic heterocycles. The van der Waals surface area contributed by atoms with Crippen molar-refractivity contribution < 1.29 is 13.2 Å². The monoisotopic (exact) mass is 352 g/mol. The summed E-state index contributed by atoms with van der Waals surface area (Å²) in [4.78, 5) is 2.33. The summed E-state index contributed by atoms with van der Waals surface area (Å²) in [6.07, 6.45) is 2.88. The molecule has 1 aliphatic rings. The second kappa shape index (κ2) is 8.76. The van der Waals surface area contributed by atoms with Gasteiger partial charge in [0.25, 0.3) is 0 Å². The van der Waals surface area contributed by atoms with Crippen molar-refractivity contribution in [2.75, 3.05) is 26.2 Å². The predicted octanol–water partition coefficient (Wildman–Crippen LogP) is 2.38. The summed E-state index contributed by atoms with van der Waals surface area (Å²) in [5.41, 5.74) is 2.03. The van der Waals surface area contributed by atoms with E-state index >= 15 is 0 Å². The van der Waals surface area contributed by atoms with Crippen LogP contribution in [0.1, 0.15) is 31.4 Å². The number of hydrogen-bond acceptors (Lipinski definition) is 4. The Morgan fingerprint density at radius 1 is 1.21 bits per heavy atom. The lowest BCUT2D eigenvalue weighted by atomic mass is 10.2. The molecule has 0 amide bonds. The highest BCUT2D eigenvalue weighted by molar-refractivity contribution is 7.92. The number of sulfonamides is 1. The minimum atomic E-state index is -3.39. The zero-order chi connectivity index (χ0) is 17.6. The van der Waals surface area contributed by atoms with Crippen LogP contribution in [-0.2, 0) is 14.8 Å². The topological polar surface area (TPSA) is 58.6 Å². The molecule has 1 aromatic carbocycles. The molecule has 0 saturated carbocycles. The average molecular weight is 353 g/mol. The molecule has 2 rings (SSSR count). The Morgan fingerprint density at radius 3 is 2.46 bits per heavy atom. The first-order chi connectivity index (χ1) is 11.3. The van der Waals surface area contributed by atoms with E-state index in [9.17, 15) is 8.42 Å². The Hall–Kier alpha value is -1.21. The van der Waals surface area contributed by atoms with Crippen LogP contribution in [0.2, 0.25) is 0 Å². The van der Waals surface area contributed by atoms with Gasteiger partial charge in [0.15, 0.2) is 0 Å². The van der Waals surface area contributed by atoms with Crippen molar-refractivity contribution in [3.63, 3.8) is 0 Å². The van der Waals surface area contributed by atoms with Crippen LogP contribution < -0.4 is 4.72 Å². The highest BCUT2D eigenvalue weighted by Crippen LogP contribution is 2.10. The van der Waals surface area contributed by atoms with Crippen molar-refractivity contribution in [3.05, 3.63) is 40.8 Å². The molecule has 2 unspecified atom stereocenters.